The first-order valence-corrected chi connectivity index (χ1v) is 7.47. The quantitative estimate of drug-likeness (QED) is 0.553. The monoisotopic (exact) mass is 344 g/mol. The van der Waals surface area contributed by atoms with Crippen LogP contribution in [0.2, 0.25) is 5.02 Å². The first-order valence-electron chi connectivity index (χ1n) is 7.09. The minimum atomic E-state index is -0.413. The van der Waals surface area contributed by atoms with Crippen LogP contribution in [-0.2, 0) is 6.42 Å². The van der Waals surface area contributed by atoms with Crippen LogP contribution in [0.1, 0.15) is 11.1 Å². The van der Waals surface area contributed by atoms with Crippen LogP contribution in [0, 0.1) is 5.82 Å². The van der Waals surface area contributed by atoms with Gasteiger partial charge in [0, 0.05) is 17.0 Å². The summed E-state index contributed by atoms with van der Waals surface area (Å²) in [5, 5.41) is 10.4. The molecule has 0 saturated carbocycles. The van der Waals surface area contributed by atoms with Gasteiger partial charge < -0.3 is 14.8 Å². The van der Waals surface area contributed by atoms with Crippen LogP contribution in [0.5, 0.6) is 17.4 Å². The predicted octanol–water partition coefficient (Wildman–Crippen LogP) is 3.63. The number of nitrogens with zero attached hydrogens (tertiary/aromatic N) is 1. The number of nitrogens with one attached hydrogen (secondary N) is 1. The highest BCUT2D eigenvalue weighted by molar-refractivity contribution is 6.30. The normalized spacial score (nSPS) is 12.2. The molecule has 0 atom stereocenters. The molecular weight excluding hydrogens is 335 g/mol. The van der Waals surface area contributed by atoms with Gasteiger partial charge in [-0.1, -0.05) is 11.6 Å². The molecule has 2 N–H and O–H groups in total. The number of hydrogen-bond acceptors (Lipinski definition) is 4. The summed E-state index contributed by atoms with van der Waals surface area (Å²) in [6.45, 7) is 0. The molecule has 3 aromatic rings. The molecule has 1 aromatic heterocycles. The molecule has 24 heavy (non-hydrogen) atoms. The van der Waals surface area contributed by atoms with Crippen LogP contribution in [0.25, 0.3) is 11.4 Å². The maximum atomic E-state index is 13.3. The summed E-state index contributed by atoms with van der Waals surface area (Å²) in [7, 11) is 0. The molecule has 1 aliphatic heterocycles. The van der Waals surface area contributed by atoms with Crippen molar-refractivity contribution in [3.8, 4) is 28.8 Å². The van der Waals surface area contributed by atoms with Crippen molar-refractivity contribution in [2.24, 2.45) is 0 Å². The van der Waals surface area contributed by atoms with Crippen molar-refractivity contribution in [1.82, 2.24) is 9.97 Å². The minimum Gasteiger partial charge on any atom is -0.507 e. The summed E-state index contributed by atoms with van der Waals surface area (Å²) >= 11 is 5.93. The van der Waals surface area contributed by atoms with Crippen LogP contribution >= 0.6 is 11.6 Å². The first kappa shape index (κ1) is 14.7. The lowest BCUT2D eigenvalue weighted by molar-refractivity contribution is 0.435. The average Bonchev–Trinajstić information content (AvgIpc) is 2.55. The van der Waals surface area contributed by atoms with Crippen molar-refractivity contribution in [1.29, 1.82) is 0 Å². The molecule has 0 unspecified atom stereocenters. The van der Waals surface area contributed by atoms with E-state index >= 15 is 0 Å². The molecule has 5 nitrogen and oxygen atoms in total. The third-order valence-corrected chi connectivity index (χ3v) is 4.02. The van der Waals surface area contributed by atoms with Crippen LogP contribution in [0.4, 0.5) is 4.39 Å². The fourth-order valence-corrected chi connectivity index (χ4v) is 2.80. The number of benzene rings is 2. The lowest BCUT2D eigenvalue weighted by Gasteiger charge is -2.19. The van der Waals surface area contributed by atoms with Gasteiger partial charge in [0.1, 0.15) is 23.1 Å². The number of fused-ring (bicyclic) bond motifs is 2. The Morgan fingerprint density at radius 3 is 2.92 bits per heavy atom. The van der Waals surface area contributed by atoms with Crippen molar-refractivity contribution in [2.75, 3.05) is 0 Å². The second-order valence-corrected chi connectivity index (χ2v) is 5.83. The average molecular weight is 345 g/mol. The predicted molar refractivity (Wildman–Crippen MR) is 86.2 cm³/mol. The molecule has 0 bridgehead atoms. The summed E-state index contributed by atoms with van der Waals surface area (Å²) in [5.74, 6) is 0.256. The highest BCUT2D eigenvalue weighted by Gasteiger charge is 2.23. The summed E-state index contributed by atoms with van der Waals surface area (Å²) in [6, 6.07) is 8.53. The lowest BCUT2D eigenvalue weighted by atomic mass is 10.0. The smallest absolute Gasteiger partial charge is 0.258 e. The molecule has 4 rings (SSSR count). The van der Waals surface area contributed by atoms with Gasteiger partial charge in [0.15, 0.2) is 0 Å². The van der Waals surface area contributed by atoms with Crippen LogP contribution in [-0.4, -0.2) is 15.1 Å². The number of aromatic nitrogens is 2. The third kappa shape index (κ3) is 2.41. The van der Waals surface area contributed by atoms with Gasteiger partial charge in [0.25, 0.3) is 5.56 Å². The van der Waals surface area contributed by atoms with Gasteiger partial charge in [0.05, 0.1) is 11.1 Å². The van der Waals surface area contributed by atoms with Crippen molar-refractivity contribution < 1.29 is 14.2 Å². The summed E-state index contributed by atoms with van der Waals surface area (Å²) in [5.41, 5.74) is 0.756. The Morgan fingerprint density at radius 1 is 1.25 bits per heavy atom. The number of phenolic OH excluding ortho intramolecular Hbond substituents is 1. The molecule has 2 aromatic carbocycles. The van der Waals surface area contributed by atoms with E-state index < -0.39 is 11.4 Å². The number of hydrogen-bond donors (Lipinski definition) is 2. The topological polar surface area (TPSA) is 75.2 Å². The number of ether oxygens (including phenoxy) is 1. The number of rotatable bonds is 1. The Hall–Kier alpha value is -2.86. The van der Waals surface area contributed by atoms with Gasteiger partial charge >= 0.3 is 0 Å². The van der Waals surface area contributed by atoms with Crippen LogP contribution in [0.15, 0.2) is 41.2 Å². The molecule has 0 saturated heterocycles. The van der Waals surface area contributed by atoms with Crippen molar-refractivity contribution in [2.45, 2.75) is 6.42 Å². The number of halogens is 2. The summed E-state index contributed by atoms with van der Waals surface area (Å²) in [4.78, 5) is 19.2. The number of aromatic amines is 1. The van der Waals surface area contributed by atoms with E-state index in [9.17, 15) is 14.3 Å². The Bertz CT molecular complexity index is 1030. The van der Waals surface area contributed by atoms with Crippen LogP contribution in [0.3, 0.4) is 0 Å². The Morgan fingerprint density at radius 2 is 2.08 bits per heavy atom. The van der Waals surface area contributed by atoms with Crippen molar-refractivity contribution >= 4 is 11.6 Å². The molecule has 120 valence electrons. The maximum absolute atomic E-state index is 13.3. The second kappa shape index (κ2) is 5.35. The van der Waals surface area contributed by atoms with Gasteiger partial charge in [-0.15, -0.1) is 0 Å². The highest BCUT2D eigenvalue weighted by Crippen LogP contribution is 2.36. The van der Waals surface area contributed by atoms with Gasteiger partial charge in [0.2, 0.25) is 5.88 Å². The number of H-pyrrole nitrogens is 1. The fourth-order valence-electron chi connectivity index (χ4n) is 2.62. The lowest BCUT2D eigenvalue weighted by Crippen LogP contribution is -2.20. The molecule has 0 radical (unpaired) electrons. The zero-order valence-electron chi connectivity index (χ0n) is 12.1. The zero-order chi connectivity index (χ0) is 16.8. The van der Waals surface area contributed by atoms with E-state index in [1.807, 2.05) is 0 Å². The van der Waals surface area contributed by atoms with E-state index in [0.29, 0.717) is 21.9 Å². The third-order valence-electron chi connectivity index (χ3n) is 3.79. The van der Waals surface area contributed by atoms with Gasteiger partial charge in [-0.3, -0.25) is 4.79 Å². The molecule has 0 spiro atoms. The van der Waals surface area contributed by atoms with Gasteiger partial charge in [-0.25, -0.2) is 4.39 Å². The Balaban J connectivity index is 1.85. The van der Waals surface area contributed by atoms with Crippen molar-refractivity contribution in [3.05, 3.63) is 68.7 Å². The molecular formula is C17H10ClFN2O3. The highest BCUT2D eigenvalue weighted by atomic mass is 35.5. The fraction of sp³-hybridized carbons (Fsp3) is 0.0588. The largest absolute Gasteiger partial charge is 0.507 e. The minimum absolute atomic E-state index is 0.0687. The van der Waals surface area contributed by atoms with Gasteiger partial charge in [-0.2, -0.15) is 4.98 Å². The molecule has 2 heterocycles. The Labute approximate surface area is 140 Å². The summed E-state index contributed by atoms with van der Waals surface area (Å²) < 4.78 is 19.0. The molecule has 0 fully saturated rings. The number of phenols is 1. The van der Waals surface area contributed by atoms with Gasteiger partial charge in [-0.05, 0) is 36.4 Å². The summed E-state index contributed by atoms with van der Waals surface area (Å²) in [6.07, 6.45) is 0.215. The first-order chi connectivity index (χ1) is 11.5. The van der Waals surface area contributed by atoms with E-state index in [1.165, 1.54) is 36.4 Å². The Kier molecular flexibility index (Phi) is 3.28. The SMILES string of the molecule is O=c1[nH]c(-c2cc(Cl)ccc2O)nc2c1Cc1cc(F)ccc1O2. The van der Waals surface area contributed by atoms with E-state index in [4.69, 9.17) is 16.3 Å². The molecule has 0 aliphatic carbocycles. The van der Waals surface area contributed by atoms with E-state index in [0.717, 1.165) is 0 Å². The standard InChI is InChI=1S/C17H10ClFN2O3/c18-9-1-3-13(22)11(7-9)15-20-16(23)12-6-8-5-10(19)2-4-14(8)24-17(12)21-15/h1-5,7,22H,6H2,(H,20,21,23). The van der Waals surface area contributed by atoms with E-state index in [1.54, 1.807) is 0 Å². The molecule has 7 heteroatoms. The zero-order valence-corrected chi connectivity index (χ0v) is 12.9. The van der Waals surface area contributed by atoms with E-state index in [2.05, 4.69) is 9.97 Å². The van der Waals surface area contributed by atoms with E-state index in [-0.39, 0.29) is 29.4 Å². The molecule has 0 amide bonds. The second-order valence-electron chi connectivity index (χ2n) is 5.39. The maximum Gasteiger partial charge on any atom is 0.258 e. The van der Waals surface area contributed by atoms with Crippen molar-refractivity contribution in [3.63, 3.8) is 0 Å². The number of aromatic hydroxyl groups is 1. The van der Waals surface area contributed by atoms with Crippen LogP contribution < -0.4 is 10.3 Å². The molecule has 1 aliphatic rings.